The minimum absolute atomic E-state index is 0.165. The van der Waals surface area contributed by atoms with E-state index in [1.54, 1.807) is 34.6 Å². The molecular formula is C21H35NO6. The molecule has 160 valence electrons. The lowest BCUT2D eigenvalue weighted by atomic mass is 9.86. The molecule has 0 bridgehead atoms. The van der Waals surface area contributed by atoms with Gasteiger partial charge < -0.3 is 24.3 Å². The van der Waals surface area contributed by atoms with Gasteiger partial charge in [-0.1, -0.05) is 18.2 Å². The average molecular weight is 398 g/mol. The van der Waals surface area contributed by atoms with Crippen LogP contribution in [0.3, 0.4) is 0 Å². The number of hydrogen-bond donors (Lipinski definition) is 1. The summed E-state index contributed by atoms with van der Waals surface area (Å²) in [6.07, 6.45) is 4.29. The van der Waals surface area contributed by atoms with Gasteiger partial charge >= 0.3 is 12.1 Å². The molecule has 1 N–H and O–H groups in total. The van der Waals surface area contributed by atoms with Crippen LogP contribution in [-0.2, 0) is 23.7 Å². The Morgan fingerprint density at radius 2 is 2.00 bits per heavy atom. The van der Waals surface area contributed by atoms with Gasteiger partial charge in [0.15, 0.2) is 5.54 Å². The van der Waals surface area contributed by atoms with Crippen molar-refractivity contribution in [1.82, 2.24) is 5.32 Å². The van der Waals surface area contributed by atoms with Crippen LogP contribution in [0.2, 0.25) is 0 Å². The highest BCUT2D eigenvalue weighted by atomic mass is 16.6. The Balaban J connectivity index is 3.11. The Bertz CT molecular complexity index is 590. The lowest BCUT2D eigenvalue weighted by Gasteiger charge is -2.42. The molecule has 7 nitrogen and oxygen atoms in total. The zero-order valence-electron chi connectivity index (χ0n) is 18.2. The second kappa shape index (κ2) is 10.6. The Labute approximate surface area is 168 Å². The van der Waals surface area contributed by atoms with Crippen molar-refractivity contribution in [3.63, 3.8) is 0 Å². The molecule has 28 heavy (non-hydrogen) atoms. The first-order valence-electron chi connectivity index (χ1n) is 9.70. The summed E-state index contributed by atoms with van der Waals surface area (Å²) >= 11 is 0. The summed E-state index contributed by atoms with van der Waals surface area (Å²) in [7, 11) is 0. The van der Waals surface area contributed by atoms with E-state index in [0.717, 1.165) is 5.57 Å². The zero-order chi connectivity index (χ0) is 21.4. The molecule has 2 unspecified atom stereocenters. The number of amides is 1. The molecule has 1 aliphatic heterocycles. The molecule has 2 atom stereocenters. The highest BCUT2D eigenvalue weighted by Gasteiger charge is 2.52. The van der Waals surface area contributed by atoms with Gasteiger partial charge in [-0.3, -0.25) is 0 Å². The van der Waals surface area contributed by atoms with Gasteiger partial charge in [-0.2, -0.15) is 0 Å². The van der Waals surface area contributed by atoms with Gasteiger partial charge in [-0.15, -0.1) is 0 Å². The number of carbonyl (C=O) groups is 2. The van der Waals surface area contributed by atoms with Crippen LogP contribution in [0.1, 0.15) is 54.9 Å². The van der Waals surface area contributed by atoms with Crippen molar-refractivity contribution in [3.05, 3.63) is 23.8 Å². The summed E-state index contributed by atoms with van der Waals surface area (Å²) in [5.74, 6) is -0.552. The lowest BCUT2D eigenvalue weighted by molar-refractivity contribution is -0.181. The third-order valence-electron chi connectivity index (χ3n) is 3.98. The molecule has 0 spiro atoms. The highest BCUT2D eigenvalue weighted by molar-refractivity contribution is 5.87. The number of nitrogens with one attached hydrogen (secondary N) is 1. The molecule has 1 heterocycles. The predicted molar refractivity (Wildman–Crippen MR) is 107 cm³/mol. The van der Waals surface area contributed by atoms with Crippen molar-refractivity contribution in [2.75, 3.05) is 19.8 Å². The van der Waals surface area contributed by atoms with E-state index in [0.29, 0.717) is 13.2 Å². The number of rotatable bonds is 7. The van der Waals surface area contributed by atoms with Gasteiger partial charge in [0.05, 0.1) is 19.3 Å². The first-order valence-corrected chi connectivity index (χ1v) is 9.70. The molecule has 0 radical (unpaired) electrons. The van der Waals surface area contributed by atoms with E-state index in [4.69, 9.17) is 18.9 Å². The third kappa shape index (κ3) is 7.64. The molecule has 0 saturated carbocycles. The molecular weight excluding hydrogens is 362 g/mol. The molecule has 7 heteroatoms. The molecule has 0 aromatic carbocycles. The summed E-state index contributed by atoms with van der Waals surface area (Å²) < 4.78 is 22.4. The zero-order valence-corrected chi connectivity index (χ0v) is 18.2. The smallest absolute Gasteiger partial charge is 0.408 e. The van der Waals surface area contributed by atoms with Gasteiger partial charge in [0.25, 0.3) is 0 Å². The van der Waals surface area contributed by atoms with Crippen LogP contribution in [0.15, 0.2) is 23.8 Å². The van der Waals surface area contributed by atoms with E-state index in [1.165, 1.54) is 0 Å². The Morgan fingerprint density at radius 1 is 1.32 bits per heavy atom. The van der Waals surface area contributed by atoms with Gasteiger partial charge in [0.2, 0.25) is 0 Å². The number of alkyl carbamates (subject to hydrolysis) is 1. The second-order valence-electron chi connectivity index (χ2n) is 8.22. The van der Waals surface area contributed by atoms with Crippen molar-refractivity contribution in [2.24, 2.45) is 0 Å². The fourth-order valence-corrected chi connectivity index (χ4v) is 2.68. The first kappa shape index (κ1) is 24.2. The summed E-state index contributed by atoms with van der Waals surface area (Å²) in [4.78, 5) is 25.5. The van der Waals surface area contributed by atoms with Crippen molar-refractivity contribution in [2.45, 2.75) is 78.2 Å². The van der Waals surface area contributed by atoms with Gasteiger partial charge in [0, 0.05) is 13.0 Å². The van der Waals surface area contributed by atoms with Crippen molar-refractivity contribution < 1.29 is 28.5 Å². The topological polar surface area (TPSA) is 83.1 Å². The van der Waals surface area contributed by atoms with Crippen molar-refractivity contribution in [3.8, 4) is 0 Å². The molecule has 1 fully saturated rings. The van der Waals surface area contributed by atoms with E-state index in [-0.39, 0.29) is 19.1 Å². The second-order valence-corrected chi connectivity index (χ2v) is 8.22. The lowest BCUT2D eigenvalue weighted by Crippen LogP contribution is -2.67. The minimum Gasteiger partial charge on any atom is -0.458 e. The molecule has 0 aromatic heterocycles. The Hall–Kier alpha value is -1.86. The average Bonchev–Trinajstić information content (AvgIpc) is 2.56. The van der Waals surface area contributed by atoms with Crippen molar-refractivity contribution in [1.29, 1.82) is 0 Å². The fourth-order valence-electron chi connectivity index (χ4n) is 2.68. The molecule has 1 rings (SSSR count). The number of allylic oxidation sites excluding steroid dienone is 3. The van der Waals surface area contributed by atoms with Crippen LogP contribution < -0.4 is 5.32 Å². The molecule has 1 amide bonds. The van der Waals surface area contributed by atoms with Gasteiger partial charge in [0.1, 0.15) is 11.7 Å². The maximum atomic E-state index is 13.1. The molecule has 1 aliphatic rings. The fraction of sp³-hybridized carbons (Fsp3) is 0.714. The quantitative estimate of drug-likeness (QED) is 0.523. The summed E-state index contributed by atoms with van der Waals surface area (Å²) in [5, 5.41) is 2.73. The molecule has 1 saturated heterocycles. The summed E-state index contributed by atoms with van der Waals surface area (Å²) in [6, 6.07) is 0. The van der Waals surface area contributed by atoms with E-state index in [2.05, 4.69) is 5.32 Å². The Kier molecular flexibility index (Phi) is 9.17. The van der Waals surface area contributed by atoms with E-state index >= 15 is 0 Å². The maximum absolute atomic E-state index is 13.1. The van der Waals surface area contributed by atoms with Gasteiger partial charge in [-0.05, 0) is 54.0 Å². The van der Waals surface area contributed by atoms with Crippen LogP contribution in [0, 0.1) is 0 Å². The van der Waals surface area contributed by atoms with E-state index in [9.17, 15) is 9.59 Å². The van der Waals surface area contributed by atoms with Crippen LogP contribution >= 0.6 is 0 Å². The molecule has 0 aliphatic carbocycles. The van der Waals surface area contributed by atoms with E-state index < -0.39 is 29.3 Å². The largest absolute Gasteiger partial charge is 0.458 e. The van der Waals surface area contributed by atoms with Crippen LogP contribution in [0.5, 0.6) is 0 Å². The molecule has 0 aromatic rings. The van der Waals surface area contributed by atoms with Crippen LogP contribution in [0.4, 0.5) is 4.79 Å². The first-order chi connectivity index (χ1) is 13.0. The maximum Gasteiger partial charge on any atom is 0.408 e. The SMILES string of the molecule is C/C=C\C=C(/C)COC1COCCC1(NC(=O)OC(C)C)C(=O)OC(C)(C)C. The number of esters is 1. The number of ether oxygens (including phenoxy) is 4. The Morgan fingerprint density at radius 3 is 2.57 bits per heavy atom. The highest BCUT2D eigenvalue weighted by Crippen LogP contribution is 2.28. The third-order valence-corrected chi connectivity index (χ3v) is 3.98. The summed E-state index contributed by atoms with van der Waals surface area (Å²) in [6.45, 7) is 13.5. The van der Waals surface area contributed by atoms with E-state index in [1.807, 2.05) is 32.1 Å². The van der Waals surface area contributed by atoms with Gasteiger partial charge in [-0.25, -0.2) is 9.59 Å². The normalized spacial score (nSPS) is 23.7. The number of hydrogen-bond acceptors (Lipinski definition) is 6. The number of carbonyl (C=O) groups excluding carboxylic acids is 2. The van der Waals surface area contributed by atoms with Crippen LogP contribution in [-0.4, -0.2) is 55.2 Å². The predicted octanol–water partition coefficient (Wildman–Crippen LogP) is 3.53. The van der Waals surface area contributed by atoms with Crippen LogP contribution in [0.25, 0.3) is 0 Å². The van der Waals surface area contributed by atoms with Crippen molar-refractivity contribution >= 4 is 12.1 Å². The minimum atomic E-state index is -1.38. The standard InChI is InChI=1S/C21H35NO6/c1-8-9-10-16(4)13-26-17-14-25-12-11-21(17,18(23)28-20(5,6)7)22-19(24)27-15(2)3/h8-10,15,17H,11-14H2,1-7H3,(H,22,24)/b9-8-,16-10+. The summed E-state index contributed by atoms with van der Waals surface area (Å²) in [5.41, 5.74) is -1.11. The monoisotopic (exact) mass is 397 g/mol.